The van der Waals surface area contributed by atoms with Gasteiger partial charge in [-0.05, 0) is 19.3 Å². The van der Waals surface area contributed by atoms with Crippen molar-refractivity contribution < 1.29 is 64.6 Å². The van der Waals surface area contributed by atoms with Gasteiger partial charge < -0.3 is 65.1 Å². The molecule has 2 heterocycles. The van der Waals surface area contributed by atoms with Gasteiger partial charge in [0.2, 0.25) is 5.91 Å². The van der Waals surface area contributed by atoms with E-state index in [2.05, 4.69) is 19.2 Å². The Morgan fingerprint density at radius 2 is 1.03 bits per heavy atom. The lowest BCUT2D eigenvalue weighted by Crippen LogP contribution is -2.65. The number of carbonyl (C=O) groups excluding carboxylic acids is 1. The first-order valence-corrected chi connectivity index (χ1v) is 23.9. The summed E-state index contributed by atoms with van der Waals surface area (Å²) in [5.74, 6) is -0.240. The van der Waals surface area contributed by atoms with Gasteiger partial charge in [0.05, 0.1) is 32.0 Å². The number of hydrogen-bond acceptors (Lipinski definition) is 13. The van der Waals surface area contributed by atoms with Crippen LogP contribution < -0.4 is 5.32 Å². The van der Waals surface area contributed by atoms with Gasteiger partial charge in [-0.15, -0.1) is 0 Å². The summed E-state index contributed by atoms with van der Waals surface area (Å²) in [5, 5.41) is 86.5. The van der Waals surface area contributed by atoms with Crippen LogP contribution >= 0.6 is 0 Å². The zero-order valence-electron chi connectivity index (χ0n) is 37.2. The molecular formula is C46H87NO13. The summed E-state index contributed by atoms with van der Waals surface area (Å²) >= 11 is 0. The van der Waals surface area contributed by atoms with E-state index in [1.165, 1.54) is 116 Å². The molecule has 14 nitrogen and oxygen atoms in total. The van der Waals surface area contributed by atoms with E-state index in [1.807, 2.05) is 6.08 Å². The molecule has 0 bridgehead atoms. The van der Waals surface area contributed by atoms with E-state index in [-0.39, 0.29) is 18.9 Å². The average Bonchev–Trinajstić information content (AvgIpc) is 3.24. The molecule has 0 spiro atoms. The number of aliphatic hydroxyl groups is 8. The Morgan fingerprint density at radius 1 is 0.583 bits per heavy atom. The molecule has 2 aliphatic rings. The van der Waals surface area contributed by atoms with Crippen LogP contribution in [-0.2, 0) is 23.7 Å². The van der Waals surface area contributed by atoms with Crippen LogP contribution in [0.15, 0.2) is 12.2 Å². The first-order chi connectivity index (χ1) is 29.1. The molecule has 2 fully saturated rings. The molecule has 0 radical (unpaired) electrons. The fourth-order valence-electron chi connectivity index (χ4n) is 8.00. The van der Waals surface area contributed by atoms with Crippen molar-refractivity contribution in [3.63, 3.8) is 0 Å². The molecule has 0 saturated carbocycles. The average molecular weight is 862 g/mol. The normalized spacial score (nSPS) is 28.3. The molecule has 0 unspecified atom stereocenters. The highest BCUT2D eigenvalue weighted by Gasteiger charge is 2.51. The van der Waals surface area contributed by atoms with Gasteiger partial charge in [-0.25, -0.2) is 0 Å². The Morgan fingerprint density at radius 3 is 1.53 bits per heavy atom. The SMILES string of the molecule is CCCCCCCCCCCCC/C=C/[C@@H](O)[C@H](CO[C@@H]1O[C@H](CO)[C@@H](O[C@H]2O[C@H](CO)[C@H](O)[C@H](O)[C@H]2O)[C@H](O)[C@H]1O)NC(=O)CCCCCCCCCCCCCCC. The second-order valence-electron chi connectivity index (χ2n) is 17.2. The third kappa shape index (κ3) is 21.9. The minimum absolute atomic E-state index is 0.240. The quantitative estimate of drug-likeness (QED) is 0.0292. The topological polar surface area (TPSA) is 228 Å². The lowest BCUT2D eigenvalue weighted by molar-refractivity contribution is -0.359. The second-order valence-corrected chi connectivity index (χ2v) is 17.2. The number of nitrogens with one attached hydrogen (secondary N) is 1. The van der Waals surface area contributed by atoms with E-state index in [0.29, 0.717) is 6.42 Å². The Balaban J connectivity index is 1.89. The molecule has 2 saturated heterocycles. The molecule has 0 aromatic heterocycles. The Hall–Kier alpha value is -1.27. The predicted octanol–water partition coefficient (Wildman–Crippen LogP) is 5.21. The maximum absolute atomic E-state index is 13.1. The van der Waals surface area contributed by atoms with Crippen molar-refractivity contribution in [2.24, 2.45) is 0 Å². The number of unbranched alkanes of at least 4 members (excludes halogenated alkanes) is 23. The van der Waals surface area contributed by atoms with Gasteiger partial charge in [-0.3, -0.25) is 4.79 Å². The maximum atomic E-state index is 13.1. The molecule has 0 aliphatic carbocycles. The van der Waals surface area contributed by atoms with E-state index >= 15 is 0 Å². The van der Waals surface area contributed by atoms with Gasteiger partial charge in [0.25, 0.3) is 0 Å². The standard InChI is InChI=1S/C46H87NO13/c1-3-5-7-9-11-13-15-17-19-21-23-25-27-29-35(50)34(47-38(51)30-28-26-24-22-20-18-16-14-12-10-8-6-4-2)33-57-45-43(56)41(54)44(37(32-49)59-45)60-46-42(55)40(53)39(52)36(31-48)58-46/h27,29,34-37,39-46,48-50,52-56H,3-26,28,30-33H2,1-2H3,(H,47,51)/b29-27+/t34-,35+,36+,37+,39-,40-,41+,42+,43+,44+,45+,46+/m0/s1. The van der Waals surface area contributed by atoms with E-state index in [9.17, 15) is 45.6 Å². The van der Waals surface area contributed by atoms with Gasteiger partial charge in [0, 0.05) is 6.42 Å². The summed E-state index contributed by atoms with van der Waals surface area (Å²) < 4.78 is 22.6. The fraction of sp³-hybridized carbons (Fsp3) is 0.935. The van der Waals surface area contributed by atoms with Crippen molar-refractivity contribution in [2.75, 3.05) is 19.8 Å². The molecule has 12 atom stereocenters. The highest BCUT2D eigenvalue weighted by Crippen LogP contribution is 2.30. The third-order valence-corrected chi connectivity index (χ3v) is 12.0. The summed E-state index contributed by atoms with van der Waals surface area (Å²) in [5.41, 5.74) is 0. The molecular weight excluding hydrogens is 774 g/mol. The van der Waals surface area contributed by atoms with Crippen molar-refractivity contribution in [2.45, 2.75) is 254 Å². The summed E-state index contributed by atoms with van der Waals surface area (Å²) in [4.78, 5) is 13.1. The number of rotatable bonds is 36. The Kier molecular flexibility index (Phi) is 31.3. The maximum Gasteiger partial charge on any atom is 0.220 e. The molecule has 60 heavy (non-hydrogen) atoms. The monoisotopic (exact) mass is 862 g/mol. The van der Waals surface area contributed by atoms with Crippen molar-refractivity contribution >= 4 is 5.91 Å². The van der Waals surface area contributed by atoms with Gasteiger partial charge in [0.15, 0.2) is 12.6 Å². The molecule has 0 aromatic rings. The number of amides is 1. The summed E-state index contributed by atoms with van der Waals surface area (Å²) in [6, 6.07) is -0.906. The smallest absolute Gasteiger partial charge is 0.220 e. The number of carbonyl (C=O) groups is 1. The van der Waals surface area contributed by atoms with E-state index < -0.39 is 86.8 Å². The molecule has 354 valence electrons. The molecule has 2 aliphatic heterocycles. The number of allylic oxidation sites excluding steroid dienone is 1. The molecule has 9 N–H and O–H groups in total. The zero-order valence-corrected chi connectivity index (χ0v) is 37.2. The largest absolute Gasteiger partial charge is 0.394 e. The van der Waals surface area contributed by atoms with Crippen molar-refractivity contribution in [3.05, 3.63) is 12.2 Å². The number of hydrogen-bond donors (Lipinski definition) is 9. The van der Waals surface area contributed by atoms with E-state index in [0.717, 1.165) is 38.5 Å². The first kappa shape index (κ1) is 54.9. The van der Waals surface area contributed by atoms with Gasteiger partial charge >= 0.3 is 0 Å². The summed E-state index contributed by atoms with van der Waals surface area (Å²) in [7, 11) is 0. The van der Waals surface area contributed by atoms with Crippen LogP contribution in [-0.4, -0.2) is 140 Å². The lowest BCUT2D eigenvalue weighted by atomic mass is 9.97. The van der Waals surface area contributed by atoms with Gasteiger partial charge in [-0.2, -0.15) is 0 Å². The molecule has 14 heteroatoms. The van der Waals surface area contributed by atoms with Crippen molar-refractivity contribution in [1.82, 2.24) is 5.32 Å². The van der Waals surface area contributed by atoms with Crippen LogP contribution in [0.1, 0.15) is 181 Å². The molecule has 1 amide bonds. The van der Waals surface area contributed by atoms with Crippen LogP contribution in [0.25, 0.3) is 0 Å². The Labute approximate surface area is 361 Å². The lowest BCUT2D eigenvalue weighted by Gasteiger charge is -2.46. The first-order valence-electron chi connectivity index (χ1n) is 23.9. The minimum Gasteiger partial charge on any atom is -0.394 e. The summed E-state index contributed by atoms with van der Waals surface area (Å²) in [6.45, 7) is 2.77. The fourth-order valence-corrected chi connectivity index (χ4v) is 8.00. The third-order valence-electron chi connectivity index (χ3n) is 12.0. The van der Waals surface area contributed by atoms with E-state index in [1.54, 1.807) is 6.08 Å². The van der Waals surface area contributed by atoms with Gasteiger partial charge in [0.1, 0.15) is 48.8 Å². The zero-order chi connectivity index (χ0) is 44.0. The van der Waals surface area contributed by atoms with Crippen LogP contribution in [0.3, 0.4) is 0 Å². The van der Waals surface area contributed by atoms with Crippen LogP contribution in [0, 0.1) is 0 Å². The minimum atomic E-state index is -1.78. The molecule has 2 rings (SSSR count). The van der Waals surface area contributed by atoms with E-state index in [4.69, 9.17) is 18.9 Å². The highest BCUT2D eigenvalue weighted by atomic mass is 16.7. The second kappa shape index (κ2) is 34.2. The van der Waals surface area contributed by atoms with Gasteiger partial charge in [-0.1, -0.05) is 167 Å². The summed E-state index contributed by atoms with van der Waals surface area (Å²) in [6.07, 6.45) is 16.8. The number of ether oxygens (including phenoxy) is 4. The van der Waals surface area contributed by atoms with Crippen LogP contribution in [0.2, 0.25) is 0 Å². The molecule has 0 aromatic carbocycles. The highest BCUT2D eigenvalue weighted by molar-refractivity contribution is 5.76. The van der Waals surface area contributed by atoms with Crippen molar-refractivity contribution in [1.29, 1.82) is 0 Å². The predicted molar refractivity (Wildman–Crippen MR) is 231 cm³/mol. The number of aliphatic hydroxyl groups excluding tert-OH is 8. The van der Waals surface area contributed by atoms with Crippen LogP contribution in [0.5, 0.6) is 0 Å². The van der Waals surface area contributed by atoms with Crippen LogP contribution in [0.4, 0.5) is 0 Å². The Bertz CT molecular complexity index is 1070. The van der Waals surface area contributed by atoms with Crippen molar-refractivity contribution in [3.8, 4) is 0 Å².